The molecule has 1 unspecified atom stereocenters. The normalized spacial score (nSPS) is 21.8. The molecule has 1 N–H and O–H groups in total. The zero-order valence-electron chi connectivity index (χ0n) is 9.85. The predicted octanol–water partition coefficient (Wildman–Crippen LogP) is 2.98. The van der Waals surface area contributed by atoms with Crippen molar-refractivity contribution < 1.29 is 5.11 Å². The molecule has 0 aromatic heterocycles. The van der Waals surface area contributed by atoms with Crippen molar-refractivity contribution in [1.82, 2.24) is 0 Å². The Bertz CT molecular complexity index is 239. The molecule has 80 valence electrons. The van der Waals surface area contributed by atoms with E-state index in [2.05, 4.69) is 39.5 Å². The highest BCUT2D eigenvalue weighted by Gasteiger charge is 2.41. The third-order valence-corrected chi connectivity index (χ3v) is 3.22. The van der Waals surface area contributed by atoms with E-state index >= 15 is 0 Å². The lowest BCUT2D eigenvalue weighted by molar-refractivity contribution is -0.00268. The fourth-order valence-electron chi connectivity index (χ4n) is 1.89. The lowest BCUT2D eigenvalue weighted by Gasteiger charge is -2.43. The van der Waals surface area contributed by atoms with Crippen LogP contribution in [0.1, 0.15) is 53.4 Å². The van der Waals surface area contributed by atoms with Crippen molar-refractivity contribution in [2.45, 2.75) is 59.5 Å². The van der Waals surface area contributed by atoms with Crippen molar-refractivity contribution in [2.24, 2.45) is 10.8 Å². The first-order chi connectivity index (χ1) is 6.40. The second kappa shape index (κ2) is 3.95. The van der Waals surface area contributed by atoms with E-state index in [-0.39, 0.29) is 10.8 Å². The maximum Gasteiger partial charge on any atom is 0.120 e. The van der Waals surface area contributed by atoms with E-state index in [4.69, 9.17) is 0 Å². The van der Waals surface area contributed by atoms with Gasteiger partial charge in [0, 0.05) is 10.8 Å². The monoisotopic (exact) mass is 194 g/mol. The molecule has 0 aromatic carbocycles. The van der Waals surface area contributed by atoms with E-state index in [1.807, 2.05) is 0 Å². The van der Waals surface area contributed by atoms with Gasteiger partial charge in [-0.25, -0.2) is 0 Å². The maximum absolute atomic E-state index is 10.0. The van der Waals surface area contributed by atoms with Crippen molar-refractivity contribution in [2.75, 3.05) is 0 Å². The van der Waals surface area contributed by atoms with Crippen LogP contribution >= 0.6 is 0 Å². The first kappa shape index (κ1) is 11.6. The molecular formula is C13H22O. The van der Waals surface area contributed by atoms with Gasteiger partial charge in [-0.1, -0.05) is 25.2 Å². The van der Waals surface area contributed by atoms with Gasteiger partial charge in [0.2, 0.25) is 0 Å². The molecule has 1 fully saturated rings. The SMILES string of the molecule is CCC1(C(O)C#CC(C)(C)C)CCC1. The van der Waals surface area contributed by atoms with Gasteiger partial charge in [0.25, 0.3) is 0 Å². The first-order valence-corrected chi connectivity index (χ1v) is 5.60. The van der Waals surface area contributed by atoms with Crippen LogP contribution in [0.4, 0.5) is 0 Å². The topological polar surface area (TPSA) is 20.2 Å². The first-order valence-electron chi connectivity index (χ1n) is 5.60. The summed E-state index contributed by atoms with van der Waals surface area (Å²) in [7, 11) is 0. The van der Waals surface area contributed by atoms with Crippen molar-refractivity contribution in [3.8, 4) is 11.8 Å². The summed E-state index contributed by atoms with van der Waals surface area (Å²) in [5.74, 6) is 6.15. The second-order valence-corrected chi connectivity index (χ2v) is 5.49. The van der Waals surface area contributed by atoms with Crippen LogP contribution in [0.15, 0.2) is 0 Å². The molecule has 0 bridgehead atoms. The number of hydrogen-bond donors (Lipinski definition) is 1. The van der Waals surface area contributed by atoms with E-state index in [1.165, 1.54) is 6.42 Å². The van der Waals surface area contributed by atoms with E-state index in [0.717, 1.165) is 19.3 Å². The molecule has 14 heavy (non-hydrogen) atoms. The van der Waals surface area contributed by atoms with Crippen molar-refractivity contribution in [3.05, 3.63) is 0 Å². The van der Waals surface area contributed by atoms with Gasteiger partial charge in [0.05, 0.1) is 0 Å². The van der Waals surface area contributed by atoms with Gasteiger partial charge in [-0.05, 0) is 40.0 Å². The summed E-state index contributed by atoms with van der Waals surface area (Å²) in [4.78, 5) is 0. The van der Waals surface area contributed by atoms with Gasteiger partial charge in [-0.3, -0.25) is 0 Å². The Balaban J connectivity index is 2.64. The van der Waals surface area contributed by atoms with Crippen LogP contribution in [-0.4, -0.2) is 11.2 Å². The molecule has 0 aliphatic heterocycles. The number of aliphatic hydroxyl groups excluding tert-OH is 1. The van der Waals surface area contributed by atoms with E-state index in [9.17, 15) is 5.11 Å². The molecule has 1 heteroatoms. The third-order valence-electron chi connectivity index (χ3n) is 3.22. The van der Waals surface area contributed by atoms with Gasteiger partial charge >= 0.3 is 0 Å². The smallest absolute Gasteiger partial charge is 0.120 e. The van der Waals surface area contributed by atoms with Crippen LogP contribution in [0.2, 0.25) is 0 Å². The highest BCUT2D eigenvalue weighted by molar-refractivity contribution is 5.16. The Morgan fingerprint density at radius 2 is 1.93 bits per heavy atom. The van der Waals surface area contributed by atoms with Crippen LogP contribution in [0.5, 0.6) is 0 Å². The summed E-state index contributed by atoms with van der Waals surface area (Å²) in [6, 6.07) is 0. The Kier molecular flexibility index (Phi) is 3.27. The lowest BCUT2D eigenvalue weighted by Crippen LogP contribution is -2.40. The van der Waals surface area contributed by atoms with Crippen LogP contribution < -0.4 is 0 Å². The Morgan fingerprint density at radius 3 is 2.21 bits per heavy atom. The molecule has 1 aliphatic rings. The molecule has 1 nitrogen and oxygen atoms in total. The van der Waals surface area contributed by atoms with E-state index < -0.39 is 6.10 Å². The molecule has 0 radical (unpaired) electrons. The zero-order valence-corrected chi connectivity index (χ0v) is 9.85. The van der Waals surface area contributed by atoms with Crippen molar-refractivity contribution >= 4 is 0 Å². The van der Waals surface area contributed by atoms with Crippen LogP contribution in [0, 0.1) is 22.7 Å². The van der Waals surface area contributed by atoms with Crippen molar-refractivity contribution in [1.29, 1.82) is 0 Å². The quantitative estimate of drug-likeness (QED) is 0.670. The van der Waals surface area contributed by atoms with E-state index in [0.29, 0.717) is 0 Å². The van der Waals surface area contributed by atoms with Crippen molar-refractivity contribution in [3.63, 3.8) is 0 Å². The molecule has 0 spiro atoms. The minimum Gasteiger partial charge on any atom is -0.380 e. The summed E-state index contributed by atoms with van der Waals surface area (Å²) >= 11 is 0. The van der Waals surface area contributed by atoms with Crippen LogP contribution in [0.25, 0.3) is 0 Å². The fraction of sp³-hybridized carbons (Fsp3) is 0.846. The number of rotatable bonds is 2. The minimum atomic E-state index is -0.416. The Morgan fingerprint density at radius 1 is 1.36 bits per heavy atom. The molecule has 0 amide bonds. The van der Waals surface area contributed by atoms with Gasteiger partial charge in [-0.15, -0.1) is 0 Å². The maximum atomic E-state index is 10.0. The minimum absolute atomic E-state index is 0.000339. The average Bonchev–Trinajstić information content (AvgIpc) is 1.98. The Hall–Kier alpha value is -0.480. The summed E-state index contributed by atoms with van der Waals surface area (Å²) in [6.45, 7) is 8.38. The van der Waals surface area contributed by atoms with Crippen LogP contribution in [-0.2, 0) is 0 Å². The van der Waals surface area contributed by atoms with Gasteiger partial charge < -0.3 is 5.11 Å². The second-order valence-electron chi connectivity index (χ2n) is 5.49. The molecular weight excluding hydrogens is 172 g/mol. The molecule has 0 aromatic rings. The van der Waals surface area contributed by atoms with Gasteiger partial charge in [0.15, 0.2) is 0 Å². The Labute approximate surface area is 87.9 Å². The molecule has 1 atom stereocenters. The average molecular weight is 194 g/mol. The fourth-order valence-corrected chi connectivity index (χ4v) is 1.89. The van der Waals surface area contributed by atoms with Crippen LogP contribution in [0.3, 0.4) is 0 Å². The van der Waals surface area contributed by atoms with Gasteiger partial charge in [0.1, 0.15) is 6.10 Å². The number of hydrogen-bond acceptors (Lipinski definition) is 1. The summed E-state index contributed by atoms with van der Waals surface area (Å²) in [5, 5.41) is 10.0. The zero-order chi connectivity index (χ0) is 10.8. The summed E-state index contributed by atoms with van der Waals surface area (Å²) < 4.78 is 0. The highest BCUT2D eigenvalue weighted by atomic mass is 16.3. The molecule has 1 aliphatic carbocycles. The highest BCUT2D eigenvalue weighted by Crippen LogP contribution is 2.46. The standard InChI is InChI=1S/C13H22O/c1-5-13(8-6-9-13)11(14)7-10-12(2,3)4/h11,14H,5-6,8-9H2,1-4H3. The largest absolute Gasteiger partial charge is 0.380 e. The lowest BCUT2D eigenvalue weighted by atomic mass is 9.63. The van der Waals surface area contributed by atoms with E-state index in [1.54, 1.807) is 0 Å². The molecule has 0 saturated heterocycles. The predicted molar refractivity (Wildman–Crippen MR) is 59.8 cm³/mol. The molecule has 1 saturated carbocycles. The van der Waals surface area contributed by atoms with Gasteiger partial charge in [-0.2, -0.15) is 0 Å². The molecule has 1 rings (SSSR count). The molecule has 0 heterocycles. The summed E-state index contributed by atoms with van der Waals surface area (Å²) in [5.41, 5.74) is 0.123. The number of aliphatic hydroxyl groups is 1. The third kappa shape index (κ3) is 2.51. The summed E-state index contributed by atoms with van der Waals surface area (Å²) in [6.07, 6.45) is 4.17.